The van der Waals surface area contributed by atoms with Gasteiger partial charge in [0.2, 0.25) is 0 Å². The van der Waals surface area contributed by atoms with E-state index in [9.17, 15) is 0 Å². The van der Waals surface area contributed by atoms with Crippen molar-refractivity contribution in [3.63, 3.8) is 0 Å². The summed E-state index contributed by atoms with van der Waals surface area (Å²) < 4.78 is 0. The minimum absolute atomic E-state index is 0. The Balaban J connectivity index is -0.000000605. The van der Waals surface area contributed by atoms with Crippen LogP contribution >= 0.6 is 0 Å². The van der Waals surface area contributed by atoms with Crippen molar-refractivity contribution in [1.82, 2.24) is 0 Å². The molecule has 0 aliphatic carbocycles. The Kier molecular flexibility index (Phi) is 7.91. The average Bonchev–Trinajstić information content (AvgIpc) is 1.86. The van der Waals surface area contributed by atoms with Crippen molar-refractivity contribution >= 4 is 8.07 Å². The van der Waals surface area contributed by atoms with Crippen LogP contribution in [0.5, 0.6) is 0 Å². The summed E-state index contributed by atoms with van der Waals surface area (Å²) in [7, 11) is -1.00. The number of hydrogen-bond acceptors (Lipinski definition) is 0. The molecule has 2 heteroatoms. The largest absolute Gasteiger partial charge is 1.00 e. The molecule has 0 rings (SSSR count). The van der Waals surface area contributed by atoms with Crippen LogP contribution in [-0.4, -0.2) is 8.07 Å². The maximum Gasteiger partial charge on any atom is 1.00 e. The van der Waals surface area contributed by atoms with E-state index >= 15 is 0 Å². The molecule has 0 nitrogen and oxygen atoms in total. The SMILES string of the molecule is CC[Si](C(C)C)(C(C)C)C(C)C.[H-].[Li+]. The first-order valence-corrected chi connectivity index (χ1v) is 7.83. The monoisotopic (exact) mass is 194 g/mol. The second kappa shape index (κ2) is 6.33. The molecule has 0 atom stereocenters. The topological polar surface area (TPSA) is 0 Å². The summed E-state index contributed by atoms with van der Waals surface area (Å²) >= 11 is 0. The van der Waals surface area contributed by atoms with Crippen LogP contribution in [0.3, 0.4) is 0 Å². The Hall–Kier alpha value is 0.814. The van der Waals surface area contributed by atoms with E-state index in [-0.39, 0.29) is 20.3 Å². The van der Waals surface area contributed by atoms with Crippen LogP contribution in [-0.2, 0) is 0 Å². The molecule has 0 aromatic carbocycles. The molecule has 0 saturated carbocycles. The minimum atomic E-state index is -1.00. The molecule has 0 aliphatic rings. The number of rotatable bonds is 4. The summed E-state index contributed by atoms with van der Waals surface area (Å²) in [6, 6.07) is 1.44. The molecule has 13 heavy (non-hydrogen) atoms. The van der Waals surface area contributed by atoms with E-state index in [0.717, 1.165) is 16.6 Å². The van der Waals surface area contributed by atoms with Crippen molar-refractivity contribution in [1.29, 1.82) is 0 Å². The summed E-state index contributed by atoms with van der Waals surface area (Å²) in [5.41, 5.74) is 2.80. The van der Waals surface area contributed by atoms with Crippen LogP contribution in [0.4, 0.5) is 0 Å². The fourth-order valence-corrected chi connectivity index (χ4v) is 9.67. The molecule has 0 amide bonds. The summed E-state index contributed by atoms with van der Waals surface area (Å²) in [5.74, 6) is 0. The Labute approximate surface area is 99.6 Å². The van der Waals surface area contributed by atoms with Gasteiger partial charge in [0, 0.05) is 0 Å². The third kappa shape index (κ3) is 3.15. The van der Waals surface area contributed by atoms with Gasteiger partial charge >= 0.3 is 18.9 Å². The zero-order valence-corrected chi connectivity index (χ0v) is 11.9. The minimum Gasteiger partial charge on any atom is -1.00 e. The molecule has 76 valence electrons. The van der Waals surface area contributed by atoms with Gasteiger partial charge in [0.1, 0.15) is 0 Å². The van der Waals surface area contributed by atoms with Crippen molar-refractivity contribution in [2.45, 2.75) is 71.1 Å². The van der Waals surface area contributed by atoms with E-state index < -0.39 is 8.07 Å². The molecule has 0 radical (unpaired) electrons. The average molecular weight is 194 g/mol. The normalized spacial score (nSPS) is 12.5. The first-order valence-electron chi connectivity index (χ1n) is 5.39. The summed E-state index contributed by atoms with van der Waals surface area (Å²) in [4.78, 5) is 0. The quantitative estimate of drug-likeness (QED) is 0.599. The standard InChI is InChI=1S/C11H26Si.Li.H/c1-8-12(9(2)3,10(4)5)11(6)7;;/h9-11H,8H2,1-7H3;;/q;+1;-1. The van der Waals surface area contributed by atoms with Gasteiger partial charge in [-0.25, -0.2) is 0 Å². The fourth-order valence-electron chi connectivity index (χ4n) is 3.22. The molecule has 0 unspecified atom stereocenters. The zero-order chi connectivity index (χ0) is 9.94. The molecular formula is C11H27LiSi. The Morgan fingerprint density at radius 3 is 1.08 bits per heavy atom. The van der Waals surface area contributed by atoms with Crippen molar-refractivity contribution in [2.75, 3.05) is 0 Å². The molecule has 0 aromatic heterocycles. The third-order valence-corrected chi connectivity index (χ3v) is 11.5. The van der Waals surface area contributed by atoms with Gasteiger partial charge in [-0.1, -0.05) is 71.1 Å². The molecule has 0 aliphatic heterocycles. The van der Waals surface area contributed by atoms with Crippen LogP contribution < -0.4 is 18.9 Å². The first kappa shape index (κ1) is 16.3. The van der Waals surface area contributed by atoms with Crippen molar-refractivity contribution in [3.8, 4) is 0 Å². The molecular weight excluding hydrogens is 167 g/mol. The van der Waals surface area contributed by atoms with Crippen LogP contribution in [0.15, 0.2) is 0 Å². The molecule has 0 spiro atoms. The van der Waals surface area contributed by atoms with Gasteiger partial charge in [0.15, 0.2) is 0 Å². The molecule has 0 saturated heterocycles. The second-order valence-electron chi connectivity index (χ2n) is 4.93. The maximum absolute atomic E-state index is 2.43. The third-order valence-electron chi connectivity index (χ3n) is 3.84. The predicted molar refractivity (Wildman–Crippen MR) is 62.6 cm³/mol. The van der Waals surface area contributed by atoms with Gasteiger partial charge < -0.3 is 1.43 Å². The van der Waals surface area contributed by atoms with Gasteiger partial charge in [-0.05, 0) is 0 Å². The molecule has 0 aromatic rings. The smallest absolute Gasteiger partial charge is 1.00 e. The van der Waals surface area contributed by atoms with Crippen LogP contribution in [0.1, 0.15) is 49.9 Å². The zero-order valence-electron chi connectivity index (χ0n) is 11.9. The fraction of sp³-hybridized carbons (Fsp3) is 1.00. The predicted octanol–water partition coefficient (Wildman–Crippen LogP) is 1.80. The van der Waals surface area contributed by atoms with Gasteiger partial charge in [-0.3, -0.25) is 0 Å². The van der Waals surface area contributed by atoms with Crippen molar-refractivity contribution < 1.29 is 20.3 Å². The van der Waals surface area contributed by atoms with Crippen LogP contribution in [0, 0.1) is 0 Å². The molecule has 0 N–H and O–H groups in total. The van der Waals surface area contributed by atoms with E-state index in [1.54, 1.807) is 0 Å². The van der Waals surface area contributed by atoms with Crippen LogP contribution in [0.25, 0.3) is 0 Å². The van der Waals surface area contributed by atoms with Gasteiger partial charge in [-0.15, -0.1) is 0 Å². The Morgan fingerprint density at radius 1 is 0.846 bits per heavy atom. The van der Waals surface area contributed by atoms with E-state index in [0.29, 0.717) is 0 Å². The van der Waals surface area contributed by atoms with Crippen molar-refractivity contribution in [2.24, 2.45) is 0 Å². The van der Waals surface area contributed by atoms with Gasteiger partial charge in [0.25, 0.3) is 0 Å². The maximum atomic E-state index is 2.43. The summed E-state index contributed by atoms with van der Waals surface area (Å²) in [5, 5.41) is 0. The van der Waals surface area contributed by atoms with E-state index in [1.165, 1.54) is 6.04 Å². The van der Waals surface area contributed by atoms with Gasteiger partial charge in [-0.2, -0.15) is 0 Å². The summed E-state index contributed by atoms with van der Waals surface area (Å²) in [6.07, 6.45) is 0. The van der Waals surface area contributed by atoms with Crippen molar-refractivity contribution in [3.05, 3.63) is 0 Å². The van der Waals surface area contributed by atoms with E-state index in [2.05, 4.69) is 48.5 Å². The van der Waals surface area contributed by atoms with E-state index in [4.69, 9.17) is 0 Å². The molecule has 0 heterocycles. The Bertz CT molecular complexity index is 113. The Morgan fingerprint density at radius 2 is 1.08 bits per heavy atom. The van der Waals surface area contributed by atoms with Gasteiger partial charge in [0.05, 0.1) is 8.07 Å². The van der Waals surface area contributed by atoms with Crippen LogP contribution in [0.2, 0.25) is 22.7 Å². The molecule has 0 fully saturated rings. The second-order valence-corrected chi connectivity index (χ2v) is 11.3. The molecule has 0 bridgehead atoms. The van der Waals surface area contributed by atoms with E-state index in [1.807, 2.05) is 0 Å². The first-order chi connectivity index (χ1) is 5.39. The summed E-state index contributed by atoms with van der Waals surface area (Å²) in [6.45, 7) is 17.0. The number of hydrogen-bond donors (Lipinski definition) is 0.